The summed E-state index contributed by atoms with van der Waals surface area (Å²) in [5.74, 6) is 1.68. The molecule has 20 heavy (non-hydrogen) atoms. The number of aryl methyl sites for hydroxylation is 1. The van der Waals surface area contributed by atoms with E-state index in [4.69, 9.17) is 4.74 Å². The number of methoxy groups -OCH3 is 1. The fourth-order valence-corrected chi connectivity index (χ4v) is 2.86. The lowest BCUT2D eigenvalue weighted by atomic mass is 9.96. The van der Waals surface area contributed by atoms with Gasteiger partial charge in [-0.3, -0.25) is 0 Å². The molecule has 1 aromatic rings. The summed E-state index contributed by atoms with van der Waals surface area (Å²) >= 11 is 3.54. The normalized spacial score (nSPS) is 12.7. The van der Waals surface area contributed by atoms with Gasteiger partial charge in [0.05, 0.1) is 7.11 Å². The van der Waals surface area contributed by atoms with Crippen LogP contribution in [-0.2, 0) is 6.42 Å². The van der Waals surface area contributed by atoms with Gasteiger partial charge >= 0.3 is 0 Å². The molecule has 1 atom stereocenters. The maximum Gasteiger partial charge on any atom is 0.122 e. The quantitative estimate of drug-likeness (QED) is 0.696. The number of hydrogen-bond acceptors (Lipinski definition) is 2. The van der Waals surface area contributed by atoms with E-state index in [1.807, 2.05) is 12.1 Å². The van der Waals surface area contributed by atoms with Crippen LogP contribution in [0.1, 0.15) is 45.6 Å². The number of nitrogens with one attached hydrogen (secondary N) is 1. The Morgan fingerprint density at radius 3 is 2.65 bits per heavy atom. The van der Waals surface area contributed by atoms with Crippen LogP contribution in [0.3, 0.4) is 0 Å². The average Bonchev–Trinajstić information content (AvgIpc) is 2.42. The van der Waals surface area contributed by atoms with E-state index in [9.17, 15) is 0 Å². The molecular formula is C17H28BrNO. The summed E-state index contributed by atoms with van der Waals surface area (Å²) < 4.78 is 6.56. The highest BCUT2D eigenvalue weighted by Crippen LogP contribution is 2.25. The Kier molecular flexibility index (Phi) is 8.24. The van der Waals surface area contributed by atoms with Crippen LogP contribution in [0, 0.1) is 5.92 Å². The molecule has 1 N–H and O–H groups in total. The van der Waals surface area contributed by atoms with Gasteiger partial charge in [-0.25, -0.2) is 0 Å². The smallest absolute Gasteiger partial charge is 0.122 e. The third-order valence-electron chi connectivity index (χ3n) is 3.66. The van der Waals surface area contributed by atoms with Gasteiger partial charge in [-0.05, 0) is 61.9 Å². The van der Waals surface area contributed by atoms with Gasteiger partial charge in [0.1, 0.15) is 5.75 Å². The van der Waals surface area contributed by atoms with Crippen molar-refractivity contribution in [2.24, 2.45) is 5.92 Å². The van der Waals surface area contributed by atoms with E-state index in [0.29, 0.717) is 12.0 Å². The Hall–Kier alpha value is -0.540. The third-order valence-corrected chi connectivity index (χ3v) is 4.16. The standard InChI is InChI=1S/C17H28BrNO/c1-5-11-19-16(13(2)3)8-6-7-14-12-15(18)9-10-17(14)20-4/h9-10,12-13,16,19H,5-8,11H2,1-4H3. The van der Waals surface area contributed by atoms with Crippen LogP contribution in [0.25, 0.3) is 0 Å². The largest absolute Gasteiger partial charge is 0.496 e. The molecular weight excluding hydrogens is 314 g/mol. The molecule has 0 aliphatic rings. The molecule has 0 fully saturated rings. The van der Waals surface area contributed by atoms with Gasteiger partial charge in [0.2, 0.25) is 0 Å². The third kappa shape index (κ3) is 5.84. The van der Waals surface area contributed by atoms with Crippen molar-refractivity contribution in [2.75, 3.05) is 13.7 Å². The van der Waals surface area contributed by atoms with Crippen LogP contribution in [0.5, 0.6) is 5.75 Å². The Bertz CT molecular complexity index is 393. The number of rotatable bonds is 9. The maximum absolute atomic E-state index is 5.43. The van der Waals surface area contributed by atoms with E-state index in [0.717, 1.165) is 23.2 Å². The number of ether oxygens (including phenoxy) is 1. The van der Waals surface area contributed by atoms with E-state index in [1.54, 1.807) is 7.11 Å². The van der Waals surface area contributed by atoms with Crippen molar-refractivity contribution in [2.45, 2.75) is 52.5 Å². The summed E-state index contributed by atoms with van der Waals surface area (Å²) in [4.78, 5) is 0. The summed E-state index contributed by atoms with van der Waals surface area (Å²) in [6.07, 6.45) is 4.67. The Labute approximate surface area is 132 Å². The first kappa shape index (κ1) is 17.5. The minimum Gasteiger partial charge on any atom is -0.496 e. The molecule has 1 rings (SSSR count). The summed E-state index contributed by atoms with van der Waals surface area (Å²) in [6, 6.07) is 6.85. The van der Waals surface area contributed by atoms with Gasteiger partial charge in [-0.15, -0.1) is 0 Å². The highest BCUT2D eigenvalue weighted by molar-refractivity contribution is 9.10. The first-order valence-electron chi connectivity index (χ1n) is 7.64. The van der Waals surface area contributed by atoms with Crippen LogP contribution in [-0.4, -0.2) is 19.7 Å². The molecule has 3 heteroatoms. The lowest BCUT2D eigenvalue weighted by Crippen LogP contribution is -2.34. The van der Waals surface area contributed by atoms with E-state index < -0.39 is 0 Å². The first-order chi connectivity index (χ1) is 9.58. The van der Waals surface area contributed by atoms with Gasteiger partial charge in [0.25, 0.3) is 0 Å². The van der Waals surface area contributed by atoms with Gasteiger partial charge in [0.15, 0.2) is 0 Å². The second kappa shape index (κ2) is 9.41. The van der Waals surface area contributed by atoms with Gasteiger partial charge in [-0.1, -0.05) is 36.7 Å². The Morgan fingerprint density at radius 1 is 1.30 bits per heavy atom. The average molecular weight is 342 g/mol. The Balaban J connectivity index is 2.51. The van der Waals surface area contributed by atoms with Crippen molar-refractivity contribution in [3.8, 4) is 5.75 Å². The van der Waals surface area contributed by atoms with Crippen molar-refractivity contribution in [1.82, 2.24) is 5.32 Å². The van der Waals surface area contributed by atoms with Crippen molar-refractivity contribution in [3.05, 3.63) is 28.2 Å². The number of benzene rings is 1. The number of halogens is 1. The van der Waals surface area contributed by atoms with Crippen LogP contribution >= 0.6 is 15.9 Å². The highest BCUT2D eigenvalue weighted by atomic mass is 79.9. The maximum atomic E-state index is 5.43. The predicted octanol–water partition coefficient (Wildman–Crippen LogP) is 4.80. The van der Waals surface area contributed by atoms with E-state index >= 15 is 0 Å². The summed E-state index contributed by atoms with van der Waals surface area (Å²) in [6.45, 7) is 7.93. The Morgan fingerprint density at radius 2 is 2.05 bits per heavy atom. The molecule has 114 valence electrons. The molecule has 0 aliphatic carbocycles. The second-order valence-corrected chi connectivity index (χ2v) is 6.57. The molecule has 0 aliphatic heterocycles. The topological polar surface area (TPSA) is 21.3 Å². The SMILES string of the molecule is CCCNC(CCCc1cc(Br)ccc1OC)C(C)C. The molecule has 0 heterocycles. The molecule has 0 aromatic heterocycles. The molecule has 1 aromatic carbocycles. The fraction of sp³-hybridized carbons (Fsp3) is 0.647. The van der Waals surface area contributed by atoms with Gasteiger partial charge in [-0.2, -0.15) is 0 Å². The zero-order valence-electron chi connectivity index (χ0n) is 13.2. The summed E-state index contributed by atoms with van der Waals surface area (Å²) in [5, 5.41) is 3.65. The van der Waals surface area contributed by atoms with E-state index in [1.165, 1.54) is 24.8 Å². The second-order valence-electron chi connectivity index (χ2n) is 5.65. The molecule has 0 saturated heterocycles. The van der Waals surface area contributed by atoms with Crippen LogP contribution in [0.4, 0.5) is 0 Å². The number of hydrogen-bond donors (Lipinski definition) is 1. The monoisotopic (exact) mass is 341 g/mol. The van der Waals surface area contributed by atoms with Crippen molar-refractivity contribution >= 4 is 15.9 Å². The summed E-state index contributed by atoms with van der Waals surface area (Å²) in [7, 11) is 1.74. The zero-order valence-corrected chi connectivity index (χ0v) is 14.8. The molecule has 2 nitrogen and oxygen atoms in total. The van der Waals surface area contributed by atoms with Crippen LogP contribution < -0.4 is 10.1 Å². The highest BCUT2D eigenvalue weighted by Gasteiger charge is 2.12. The first-order valence-corrected chi connectivity index (χ1v) is 8.43. The van der Waals surface area contributed by atoms with Gasteiger partial charge < -0.3 is 10.1 Å². The van der Waals surface area contributed by atoms with Crippen LogP contribution in [0.15, 0.2) is 22.7 Å². The minimum absolute atomic E-state index is 0.619. The molecule has 0 amide bonds. The van der Waals surface area contributed by atoms with Crippen molar-refractivity contribution in [3.63, 3.8) is 0 Å². The van der Waals surface area contributed by atoms with Gasteiger partial charge in [0, 0.05) is 10.5 Å². The molecule has 0 spiro atoms. The lowest BCUT2D eigenvalue weighted by molar-refractivity contribution is 0.368. The molecule has 1 unspecified atom stereocenters. The van der Waals surface area contributed by atoms with Crippen molar-refractivity contribution < 1.29 is 4.74 Å². The fourth-order valence-electron chi connectivity index (χ4n) is 2.46. The van der Waals surface area contributed by atoms with E-state index in [2.05, 4.69) is 48.1 Å². The lowest BCUT2D eigenvalue weighted by Gasteiger charge is -2.22. The molecule has 0 radical (unpaired) electrons. The minimum atomic E-state index is 0.619. The van der Waals surface area contributed by atoms with Crippen LogP contribution in [0.2, 0.25) is 0 Å². The zero-order chi connectivity index (χ0) is 15.0. The van der Waals surface area contributed by atoms with Crippen molar-refractivity contribution in [1.29, 1.82) is 0 Å². The predicted molar refractivity (Wildman–Crippen MR) is 90.6 cm³/mol. The molecule has 0 saturated carbocycles. The molecule has 0 bridgehead atoms. The summed E-state index contributed by atoms with van der Waals surface area (Å²) in [5.41, 5.74) is 1.29. The van der Waals surface area contributed by atoms with E-state index in [-0.39, 0.29) is 0 Å².